The first-order valence-corrected chi connectivity index (χ1v) is 34.4. The molecular formula is C94H62N8. The summed E-state index contributed by atoms with van der Waals surface area (Å²) in [5, 5.41) is 24.2. The first-order valence-electron chi connectivity index (χ1n) is 34.4. The molecule has 0 atom stereocenters. The molecule has 0 aliphatic heterocycles. The van der Waals surface area contributed by atoms with Crippen molar-refractivity contribution in [3.8, 4) is 158 Å². The number of rotatable bonds is 11. The smallest absolute Gasteiger partial charge is 0.165 e. The lowest BCUT2D eigenvalue weighted by Crippen LogP contribution is -2.15. The van der Waals surface area contributed by atoms with Crippen LogP contribution in [0.5, 0.6) is 0 Å². The van der Waals surface area contributed by atoms with Crippen molar-refractivity contribution in [3.05, 3.63) is 337 Å². The first-order chi connectivity index (χ1) is 50.0. The Morgan fingerprint density at radius 2 is 0.657 bits per heavy atom. The van der Waals surface area contributed by atoms with E-state index in [2.05, 4.69) is 246 Å². The summed E-state index contributed by atoms with van der Waals surface area (Å²) >= 11 is 0. The Morgan fingerprint density at radius 3 is 1.26 bits per heavy atom. The molecule has 0 radical (unpaired) electrons. The maximum atomic E-state index is 10.2. The Morgan fingerprint density at radius 1 is 0.235 bits per heavy atom. The molecule has 0 saturated carbocycles. The zero-order valence-corrected chi connectivity index (χ0v) is 56.4. The molecule has 0 fully saturated rings. The average Bonchev–Trinajstić information content (AvgIpc) is 1.53. The van der Waals surface area contributed by atoms with Gasteiger partial charge >= 0.3 is 0 Å². The largest absolute Gasteiger partial charge is 0.208 e. The molecule has 478 valence electrons. The molecule has 0 N–H and O–H groups in total. The predicted molar refractivity (Wildman–Crippen MR) is 413 cm³/mol. The molecule has 0 amide bonds. The van der Waals surface area contributed by atoms with Crippen LogP contribution in [0.4, 0.5) is 0 Å². The molecule has 2 heterocycles. The van der Waals surface area contributed by atoms with Crippen LogP contribution in [0.15, 0.2) is 303 Å². The van der Waals surface area contributed by atoms with E-state index in [0.29, 0.717) is 46.1 Å². The van der Waals surface area contributed by atoms with Crippen LogP contribution in [-0.4, -0.2) is 29.9 Å². The van der Waals surface area contributed by atoms with E-state index >= 15 is 0 Å². The number of fused-ring (bicyclic) bond motifs is 8. The molecule has 102 heavy (non-hydrogen) atoms. The van der Waals surface area contributed by atoms with Crippen LogP contribution in [0.1, 0.15) is 61.1 Å². The standard InChI is InChI=1S/C94H62N8/c1-93(2)79-34-17-29-69(56-96)83(79)77-49-46-66(54-82(77)93)58-37-39-61(40-38-58)74-50-51-75-70(31-18-33-76(75)86(74)92-100-87(63-21-8-5-9-22-63)97-88(101-92)64-23-10-6-11-24-64)67-27-16-28-68(53-67)90-98-89(65-25-12-7-13-26-65)99-91(102-90)85-72-30-15-14-20-59(72)45-48-73(85)62-43-41-60(42-44-62)71-32-19-35-80-84(71)78-47-36-57(55-95)52-81(78)94(80,3)4/h5-54H,1-4H3. The lowest BCUT2D eigenvalue weighted by Gasteiger charge is -2.22. The highest BCUT2D eigenvalue weighted by Gasteiger charge is 2.39. The SMILES string of the molecule is CC1(C)c2cc(-c3ccc(-c4ccc5c(-c6cccc(-c7nc(-c8ccccc8)nc(-c8c(-c9ccc(-c%10cccc%11c%10-c%10ccc(C#N)cc%10C%11(C)C)cc9)ccc9ccccc89)n7)c6)cccc5c4-c4nc(-c5ccccc5)nc(-c5ccccc5)n4)cc3)ccc2-c2c(C#N)cccc21. The van der Waals surface area contributed by atoms with Crippen LogP contribution in [-0.2, 0) is 10.8 Å². The van der Waals surface area contributed by atoms with E-state index < -0.39 is 0 Å². The third-order valence-electron chi connectivity index (χ3n) is 20.9. The van der Waals surface area contributed by atoms with Gasteiger partial charge in [0, 0.05) is 49.8 Å². The molecule has 0 bridgehead atoms. The van der Waals surface area contributed by atoms with Gasteiger partial charge < -0.3 is 0 Å². The summed E-state index contributed by atoms with van der Waals surface area (Å²) in [6, 6.07) is 111. The maximum absolute atomic E-state index is 10.2. The van der Waals surface area contributed by atoms with Crippen molar-refractivity contribution in [1.82, 2.24) is 29.9 Å². The minimum absolute atomic E-state index is 0.262. The van der Waals surface area contributed by atoms with Gasteiger partial charge in [-0.3, -0.25) is 0 Å². The average molecular weight is 1300 g/mol. The number of hydrogen-bond acceptors (Lipinski definition) is 8. The van der Waals surface area contributed by atoms with Gasteiger partial charge in [0.25, 0.3) is 0 Å². The van der Waals surface area contributed by atoms with E-state index in [0.717, 1.165) is 122 Å². The lowest BCUT2D eigenvalue weighted by molar-refractivity contribution is 0.660. The van der Waals surface area contributed by atoms with Crippen LogP contribution in [0.2, 0.25) is 0 Å². The fourth-order valence-electron chi connectivity index (χ4n) is 15.8. The summed E-state index contributed by atoms with van der Waals surface area (Å²) in [4.78, 5) is 32.3. The Kier molecular flexibility index (Phi) is 14.5. The third kappa shape index (κ3) is 10.2. The molecular weight excluding hydrogens is 1240 g/mol. The Labute approximate surface area is 592 Å². The fraction of sp³-hybridized carbons (Fsp3) is 0.0638. The molecule has 2 aromatic heterocycles. The summed E-state index contributed by atoms with van der Waals surface area (Å²) in [7, 11) is 0. The van der Waals surface area contributed by atoms with Gasteiger partial charge in [-0.05, 0) is 146 Å². The number of hydrogen-bond donors (Lipinski definition) is 0. The van der Waals surface area contributed by atoms with Crippen molar-refractivity contribution in [2.75, 3.05) is 0 Å². The van der Waals surface area contributed by atoms with Gasteiger partial charge in [0.1, 0.15) is 0 Å². The molecule has 0 spiro atoms. The Balaban J connectivity index is 0.768. The van der Waals surface area contributed by atoms with Crippen molar-refractivity contribution < 1.29 is 0 Å². The van der Waals surface area contributed by atoms with Crippen molar-refractivity contribution in [2.45, 2.75) is 38.5 Å². The summed E-state index contributed by atoms with van der Waals surface area (Å²) < 4.78 is 0. The monoisotopic (exact) mass is 1300 g/mol. The molecule has 16 aromatic rings. The van der Waals surface area contributed by atoms with Gasteiger partial charge in [0.05, 0.1) is 23.3 Å². The molecule has 14 aromatic carbocycles. The van der Waals surface area contributed by atoms with Crippen LogP contribution in [0.3, 0.4) is 0 Å². The lowest BCUT2D eigenvalue weighted by atomic mass is 9.81. The minimum Gasteiger partial charge on any atom is -0.208 e. The summed E-state index contributed by atoms with van der Waals surface area (Å²) in [6.07, 6.45) is 0. The highest BCUT2D eigenvalue weighted by atomic mass is 15.0. The van der Waals surface area contributed by atoms with E-state index in [1.165, 1.54) is 33.4 Å². The molecule has 8 nitrogen and oxygen atoms in total. The predicted octanol–water partition coefficient (Wildman–Crippen LogP) is 23.1. The molecule has 18 rings (SSSR count). The van der Waals surface area contributed by atoms with Crippen molar-refractivity contribution >= 4 is 21.5 Å². The first kappa shape index (κ1) is 61.0. The second-order valence-corrected chi connectivity index (χ2v) is 27.5. The summed E-state index contributed by atoms with van der Waals surface area (Å²) in [5.41, 5.74) is 25.9. The fourth-order valence-corrected chi connectivity index (χ4v) is 15.8. The van der Waals surface area contributed by atoms with Gasteiger partial charge in [-0.1, -0.05) is 301 Å². The number of aromatic nitrogens is 6. The van der Waals surface area contributed by atoms with E-state index in [1.54, 1.807) is 0 Å². The third-order valence-corrected chi connectivity index (χ3v) is 20.9. The maximum Gasteiger partial charge on any atom is 0.165 e. The van der Waals surface area contributed by atoms with Crippen molar-refractivity contribution in [1.29, 1.82) is 10.5 Å². The van der Waals surface area contributed by atoms with Gasteiger partial charge in [-0.25, -0.2) is 29.9 Å². The Bertz CT molecular complexity index is 6130. The summed E-state index contributed by atoms with van der Waals surface area (Å²) in [6.45, 7) is 9.01. The van der Waals surface area contributed by atoms with Gasteiger partial charge in [0.15, 0.2) is 34.9 Å². The van der Waals surface area contributed by atoms with Crippen LogP contribution >= 0.6 is 0 Å². The quantitative estimate of drug-likeness (QED) is 0.125. The summed E-state index contributed by atoms with van der Waals surface area (Å²) in [5.74, 6) is 3.37. The second-order valence-electron chi connectivity index (χ2n) is 27.5. The van der Waals surface area contributed by atoms with Crippen molar-refractivity contribution in [3.63, 3.8) is 0 Å². The highest BCUT2D eigenvalue weighted by molar-refractivity contribution is 6.09. The molecule has 0 unspecified atom stereocenters. The van der Waals surface area contributed by atoms with E-state index in [9.17, 15) is 10.5 Å². The molecule has 8 heteroatoms. The van der Waals surface area contributed by atoms with E-state index in [4.69, 9.17) is 29.9 Å². The van der Waals surface area contributed by atoms with Crippen LogP contribution in [0, 0.1) is 22.7 Å². The minimum atomic E-state index is -0.276. The number of benzene rings is 14. The zero-order chi connectivity index (χ0) is 68.8. The zero-order valence-electron chi connectivity index (χ0n) is 56.4. The Hall–Kier alpha value is -13.4. The number of nitriles is 2. The molecule has 0 saturated heterocycles. The van der Waals surface area contributed by atoms with E-state index in [1.807, 2.05) is 97.1 Å². The van der Waals surface area contributed by atoms with E-state index in [-0.39, 0.29) is 10.8 Å². The normalized spacial score (nSPS) is 12.8. The second kappa shape index (κ2) is 24.2. The van der Waals surface area contributed by atoms with Crippen LogP contribution < -0.4 is 0 Å². The number of nitrogens with zero attached hydrogens (tertiary/aromatic N) is 8. The molecule has 2 aliphatic carbocycles. The van der Waals surface area contributed by atoms with Crippen molar-refractivity contribution in [2.24, 2.45) is 0 Å². The van der Waals surface area contributed by atoms with Gasteiger partial charge in [-0.15, -0.1) is 0 Å². The van der Waals surface area contributed by atoms with Gasteiger partial charge in [0.2, 0.25) is 0 Å². The topological polar surface area (TPSA) is 125 Å². The van der Waals surface area contributed by atoms with Crippen LogP contribution in [0.25, 0.3) is 168 Å². The van der Waals surface area contributed by atoms with Gasteiger partial charge in [-0.2, -0.15) is 10.5 Å². The molecule has 2 aliphatic rings. The highest BCUT2D eigenvalue weighted by Crippen LogP contribution is 2.54.